The fourth-order valence-corrected chi connectivity index (χ4v) is 2.72. The van der Waals surface area contributed by atoms with Crippen molar-refractivity contribution in [2.24, 2.45) is 13.0 Å². The maximum atomic E-state index is 6.14. The molecule has 0 saturated carbocycles. The van der Waals surface area contributed by atoms with E-state index in [4.69, 9.17) is 5.73 Å². The van der Waals surface area contributed by atoms with Crippen molar-refractivity contribution in [1.29, 1.82) is 0 Å². The molecule has 90 valence electrons. The van der Waals surface area contributed by atoms with Crippen molar-refractivity contribution in [1.82, 2.24) is 9.78 Å². The van der Waals surface area contributed by atoms with Crippen LogP contribution < -0.4 is 10.6 Å². The predicted molar refractivity (Wildman–Crippen MR) is 71.1 cm³/mol. The molecule has 2 heterocycles. The van der Waals surface area contributed by atoms with Gasteiger partial charge in [-0.15, -0.1) is 0 Å². The lowest BCUT2D eigenvalue weighted by atomic mass is 10.1. The third kappa shape index (κ3) is 1.55. The smallest absolute Gasteiger partial charge is 0.0711 e. The van der Waals surface area contributed by atoms with E-state index in [1.807, 2.05) is 30.1 Å². The van der Waals surface area contributed by atoms with Crippen LogP contribution in [-0.2, 0) is 7.05 Å². The van der Waals surface area contributed by atoms with E-state index in [1.165, 1.54) is 17.5 Å². The lowest BCUT2D eigenvalue weighted by molar-refractivity contribution is 0.659. The van der Waals surface area contributed by atoms with Crippen LogP contribution in [0.4, 0.5) is 11.4 Å². The van der Waals surface area contributed by atoms with Gasteiger partial charge in [0.25, 0.3) is 0 Å². The molecule has 1 aromatic heterocycles. The van der Waals surface area contributed by atoms with Gasteiger partial charge in [0.1, 0.15) is 0 Å². The third-order valence-corrected chi connectivity index (χ3v) is 3.67. The third-order valence-electron chi connectivity index (χ3n) is 3.67. The van der Waals surface area contributed by atoms with E-state index >= 15 is 0 Å². The number of aryl methyl sites for hydroxylation is 1. The van der Waals surface area contributed by atoms with Gasteiger partial charge in [0.15, 0.2) is 0 Å². The molecule has 0 radical (unpaired) electrons. The topological polar surface area (TPSA) is 47.1 Å². The Bertz CT molecular complexity index is 558. The maximum absolute atomic E-state index is 6.14. The lowest BCUT2D eigenvalue weighted by Gasteiger charge is -2.21. The molecule has 1 aliphatic heterocycles. The molecule has 1 aromatic carbocycles. The van der Waals surface area contributed by atoms with Gasteiger partial charge < -0.3 is 10.6 Å². The van der Waals surface area contributed by atoms with E-state index < -0.39 is 0 Å². The molecule has 0 amide bonds. The van der Waals surface area contributed by atoms with Gasteiger partial charge in [-0.2, -0.15) is 5.10 Å². The summed E-state index contributed by atoms with van der Waals surface area (Å²) in [6.07, 6.45) is 3.17. The second kappa shape index (κ2) is 3.65. The number of fused-ring (bicyclic) bond motifs is 1. The molecule has 17 heavy (non-hydrogen) atoms. The Hall–Kier alpha value is -1.71. The number of nitrogen functional groups attached to an aromatic ring is 1. The number of benzene rings is 1. The van der Waals surface area contributed by atoms with Crippen LogP contribution in [0.15, 0.2) is 18.3 Å². The number of aromatic nitrogens is 2. The molecular formula is C13H18N4. The minimum atomic E-state index is 0.751. The number of hydrogen-bond acceptors (Lipinski definition) is 3. The first-order valence-electron chi connectivity index (χ1n) is 6.12. The summed E-state index contributed by atoms with van der Waals surface area (Å²) in [5.41, 5.74) is 9.32. The van der Waals surface area contributed by atoms with Gasteiger partial charge in [0.2, 0.25) is 0 Å². The van der Waals surface area contributed by atoms with Crippen LogP contribution in [0, 0.1) is 5.92 Å². The van der Waals surface area contributed by atoms with Gasteiger partial charge in [0, 0.05) is 25.5 Å². The Balaban J connectivity index is 2.17. The quantitative estimate of drug-likeness (QED) is 0.762. The van der Waals surface area contributed by atoms with Crippen molar-refractivity contribution >= 4 is 22.3 Å². The molecule has 0 unspecified atom stereocenters. The first-order valence-corrected chi connectivity index (χ1v) is 6.12. The van der Waals surface area contributed by atoms with Gasteiger partial charge in [-0.1, -0.05) is 6.92 Å². The summed E-state index contributed by atoms with van der Waals surface area (Å²) in [6.45, 7) is 4.48. The maximum Gasteiger partial charge on any atom is 0.0711 e. The van der Waals surface area contributed by atoms with Crippen LogP contribution in [0.1, 0.15) is 13.3 Å². The molecule has 0 aliphatic carbocycles. The van der Waals surface area contributed by atoms with Crippen molar-refractivity contribution in [3.05, 3.63) is 18.3 Å². The highest BCUT2D eigenvalue weighted by Crippen LogP contribution is 2.35. The average Bonchev–Trinajstić information content (AvgIpc) is 2.86. The molecule has 2 N–H and O–H groups in total. The number of hydrogen-bond donors (Lipinski definition) is 1. The summed E-state index contributed by atoms with van der Waals surface area (Å²) in [7, 11) is 1.97. The molecular weight excluding hydrogens is 212 g/mol. The minimum Gasteiger partial charge on any atom is -0.397 e. The molecule has 4 heteroatoms. The Morgan fingerprint density at radius 2 is 2.24 bits per heavy atom. The monoisotopic (exact) mass is 230 g/mol. The SMILES string of the molecule is C[C@H]1CCN(c2c(N)ccc3c2cnn3C)C1. The first kappa shape index (κ1) is 10.4. The Labute approximate surface area is 101 Å². The van der Waals surface area contributed by atoms with Gasteiger partial charge in [-0.25, -0.2) is 0 Å². The standard InChI is InChI=1S/C13H18N4/c1-9-5-6-17(8-9)13-10-7-15-16(2)12(10)4-3-11(13)14/h3-4,7,9H,5-6,8,14H2,1-2H3/t9-/m0/s1. The largest absolute Gasteiger partial charge is 0.397 e. The summed E-state index contributed by atoms with van der Waals surface area (Å²) in [5.74, 6) is 0.751. The average molecular weight is 230 g/mol. The number of nitrogens with zero attached hydrogens (tertiary/aromatic N) is 3. The fraction of sp³-hybridized carbons (Fsp3) is 0.462. The molecule has 1 fully saturated rings. The lowest BCUT2D eigenvalue weighted by Crippen LogP contribution is -2.20. The van der Waals surface area contributed by atoms with Crippen molar-refractivity contribution in [2.75, 3.05) is 23.7 Å². The van der Waals surface area contributed by atoms with Gasteiger partial charge in [0.05, 0.1) is 23.1 Å². The van der Waals surface area contributed by atoms with Crippen molar-refractivity contribution in [3.63, 3.8) is 0 Å². The summed E-state index contributed by atoms with van der Waals surface area (Å²) in [5, 5.41) is 5.49. The minimum absolute atomic E-state index is 0.751. The van der Waals surface area contributed by atoms with Crippen molar-refractivity contribution in [3.8, 4) is 0 Å². The van der Waals surface area contributed by atoms with E-state index in [1.54, 1.807) is 0 Å². The second-order valence-electron chi connectivity index (χ2n) is 5.04. The van der Waals surface area contributed by atoms with Crippen LogP contribution in [-0.4, -0.2) is 22.9 Å². The first-order chi connectivity index (χ1) is 8.16. The van der Waals surface area contributed by atoms with Crippen LogP contribution in [0.25, 0.3) is 10.9 Å². The van der Waals surface area contributed by atoms with Crippen LogP contribution in [0.3, 0.4) is 0 Å². The molecule has 1 aliphatic rings. The number of nitrogens with two attached hydrogens (primary N) is 1. The Morgan fingerprint density at radius 1 is 1.41 bits per heavy atom. The summed E-state index contributed by atoms with van der Waals surface area (Å²) < 4.78 is 1.90. The summed E-state index contributed by atoms with van der Waals surface area (Å²) >= 11 is 0. The molecule has 1 saturated heterocycles. The summed E-state index contributed by atoms with van der Waals surface area (Å²) in [4.78, 5) is 2.39. The van der Waals surface area contributed by atoms with Crippen LogP contribution in [0.2, 0.25) is 0 Å². The second-order valence-corrected chi connectivity index (χ2v) is 5.04. The molecule has 0 spiro atoms. The van der Waals surface area contributed by atoms with Crippen LogP contribution in [0.5, 0.6) is 0 Å². The zero-order valence-corrected chi connectivity index (χ0v) is 10.3. The van der Waals surface area contributed by atoms with E-state index in [-0.39, 0.29) is 0 Å². The number of rotatable bonds is 1. The summed E-state index contributed by atoms with van der Waals surface area (Å²) in [6, 6.07) is 4.03. The van der Waals surface area contributed by atoms with E-state index in [2.05, 4.69) is 16.9 Å². The Kier molecular flexibility index (Phi) is 2.24. The molecule has 1 atom stereocenters. The van der Waals surface area contributed by atoms with Gasteiger partial charge in [-0.3, -0.25) is 4.68 Å². The highest BCUT2D eigenvalue weighted by Gasteiger charge is 2.23. The van der Waals surface area contributed by atoms with E-state index in [0.717, 1.165) is 30.2 Å². The normalized spacial score (nSPS) is 20.4. The fourth-order valence-electron chi connectivity index (χ4n) is 2.72. The number of anilines is 2. The van der Waals surface area contributed by atoms with E-state index in [0.29, 0.717) is 0 Å². The van der Waals surface area contributed by atoms with Crippen molar-refractivity contribution < 1.29 is 0 Å². The van der Waals surface area contributed by atoms with Gasteiger partial charge >= 0.3 is 0 Å². The molecule has 4 nitrogen and oxygen atoms in total. The molecule has 0 bridgehead atoms. The molecule has 3 rings (SSSR count). The Morgan fingerprint density at radius 3 is 2.94 bits per heavy atom. The predicted octanol–water partition coefficient (Wildman–Crippen LogP) is 2.00. The van der Waals surface area contributed by atoms with Gasteiger partial charge in [-0.05, 0) is 24.5 Å². The highest BCUT2D eigenvalue weighted by atomic mass is 15.3. The van der Waals surface area contributed by atoms with Crippen molar-refractivity contribution in [2.45, 2.75) is 13.3 Å². The zero-order valence-electron chi connectivity index (χ0n) is 10.3. The van der Waals surface area contributed by atoms with Crippen LogP contribution >= 0.6 is 0 Å². The van der Waals surface area contributed by atoms with E-state index in [9.17, 15) is 0 Å². The molecule has 2 aromatic rings. The zero-order chi connectivity index (χ0) is 12.0. The highest BCUT2D eigenvalue weighted by molar-refractivity contribution is 5.98.